The second kappa shape index (κ2) is 7.03. The molecule has 1 heterocycles. The Labute approximate surface area is 135 Å². The number of carbonyl (C=O) groups is 1. The highest BCUT2D eigenvalue weighted by Gasteiger charge is 2.29. The van der Waals surface area contributed by atoms with E-state index in [2.05, 4.69) is 10.3 Å². The molecule has 0 fully saturated rings. The Kier molecular flexibility index (Phi) is 5.32. The maximum atomic E-state index is 12.2. The molecule has 5 heteroatoms. The number of benzene rings is 1. The van der Waals surface area contributed by atoms with Crippen LogP contribution in [0, 0.1) is 13.8 Å². The van der Waals surface area contributed by atoms with Crippen molar-refractivity contribution in [3.05, 3.63) is 51.5 Å². The monoisotopic (exact) mass is 318 g/mol. The third-order valence-corrected chi connectivity index (χ3v) is 4.78. The fourth-order valence-electron chi connectivity index (χ4n) is 2.11. The van der Waals surface area contributed by atoms with Gasteiger partial charge in [0.05, 0.1) is 12.2 Å². The maximum absolute atomic E-state index is 12.2. The molecule has 2 aromatic rings. The largest absolute Gasteiger partial charge is 0.380 e. The lowest BCUT2D eigenvalue weighted by molar-refractivity contribution is -0.138. The Hall–Kier alpha value is -1.72. The van der Waals surface area contributed by atoms with Crippen LogP contribution in [0.2, 0.25) is 0 Å². The van der Waals surface area contributed by atoms with Crippen molar-refractivity contribution in [1.82, 2.24) is 10.3 Å². The Bertz CT molecular complexity index is 616. The molecular formula is C17H22N2O2S. The lowest BCUT2D eigenvalue weighted by atomic mass is 9.96. The molecule has 2 N–H and O–H groups in total. The van der Waals surface area contributed by atoms with Crippen molar-refractivity contribution < 1.29 is 9.90 Å². The summed E-state index contributed by atoms with van der Waals surface area (Å²) in [6.07, 6.45) is 1.05. The van der Waals surface area contributed by atoms with Crippen LogP contribution in [-0.2, 0) is 17.8 Å². The molecule has 0 saturated carbocycles. The number of carbonyl (C=O) groups excluding carboxylic acids is 1. The highest BCUT2D eigenvalue weighted by atomic mass is 32.1. The fraction of sp³-hybridized carbons (Fsp3) is 0.412. The second-order valence-corrected chi connectivity index (χ2v) is 6.98. The lowest BCUT2D eigenvalue weighted by Gasteiger charge is -2.22. The molecule has 0 spiro atoms. The van der Waals surface area contributed by atoms with Crippen LogP contribution in [-0.4, -0.2) is 21.6 Å². The molecule has 0 bridgehead atoms. The quantitative estimate of drug-likeness (QED) is 0.861. The summed E-state index contributed by atoms with van der Waals surface area (Å²) in [4.78, 5) is 17.7. The molecule has 1 amide bonds. The lowest BCUT2D eigenvalue weighted by Crippen LogP contribution is -2.44. The van der Waals surface area contributed by atoms with E-state index in [0.29, 0.717) is 19.4 Å². The minimum atomic E-state index is -1.38. The van der Waals surface area contributed by atoms with Gasteiger partial charge in [0.15, 0.2) is 0 Å². The first-order valence-electron chi connectivity index (χ1n) is 7.36. The van der Waals surface area contributed by atoms with Crippen LogP contribution in [0.3, 0.4) is 0 Å². The van der Waals surface area contributed by atoms with Crippen molar-refractivity contribution >= 4 is 17.2 Å². The van der Waals surface area contributed by atoms with Gasteiger partial charge in [-0.15, -0.1) is 11.3 Å². The fourth-order valence-corrected chi connectivity index (χ4v) is 2.98. The second-order valence-electron chi connectivity index (χ2n) is 5.69. The summed E-state index contributed by atoms with van der Waals surface area (Å²) in [5, 5.41) is 14.0. The number of hydrogen-bond acceptors (Lipinski definition) is 4. The number of hydrogen-bond donors (Lipinski definition) is 2. The molecule has 1 aromatic heterocycles. The summed E-state index contributed by atoms with van der Waals surface area (Å²) in [7, 11) is 0. The van der Waals surface area contributed by atoms with E-state index in [1.54, 1.807) is 18.3 Å². The summed E-state index contributed by atoms with van der Waals surface area (Å²) in [5.74, 6) is -0.353. The van der Waals surface area contributed by atoms with Gasteiger partial charge < -0.3 is 10.4 Å². The standard InChI is InChI=1S/C17H22N2O2S/c1-12-13(2)22-15(19-12)11-18-16(20)17(3,21)10-9-14-7-5-4-6-8-14/h4-8,21H,9-11H2,1-3H3,(H,18,20)/t17-/m0/s1. The van der Waals surface area contributed by atoms with Crippen molar-refractivity contribution in [1.29, 1.82) is 0 Å². The van der Waals surface area contributed by atoms with Crippen LogP contribution >= 0.6 is 11.3 Å². The van der Waals surface area contributed by atoms with E-state index >= 15 is 0 Å². The number of nitrogens with one attached hydrogen (secondary N) is 1. The number of aliphatic hydroxyl groups is 1. The molecule has 4 nitrogen and oxygen atoms in total. The average Bonchev–Trinajstić information content (AvgIpc) is 2.82. The highest BCUT2D eigenvalue weighted by Crippen LogP contribution is 2.18. The van der Waals surface area contributed by atoms with Gasteiger partial charge in [-0.05, 0) is 39.2 Å². The van der Waals surface area contributed by atoms with Gasteiger partial charge in [0.25, 0.3) is 5.91 Å². The molecule has 0 saturated heterocycles. The van der Waals surface area contributed by atoms with Crippen molar-refractivity contribution in [3.63, 3.8) is 0 Å². The summed E-state index contributed by atoms with van der Waals surface area (Å²) in [6.45, 7) is 5.88. The molecule has 0 aliphatic carbocycles. The van der Waals surface area contributed by atoms with E-state index < -0.39 is 5.60 Å². The molecule has 22 heavy (non-hydrogen) atoms. The predicted molar refractivity (Wildman–Crippen MR) is 88.8 cm³/mol. The van der Waals surface area contributed by atoms with Crippen molar-refractivity contribution in [2.75, 3.05) is 0 Å². The summed E-state index contributed by atoms with van der Waals surface area (Å²) in [5.41, 5.74) is 0.726. The minimum Gasteiger partial charge on any atom is -0.380 e. The average molecular weight is 318 g/mol. The van der Waals surface area contributed by atoms with E-state index in [1.165, 1.54) is 0 Å². The van der Waals surface area contributed by atoms with Crippen LogP contribution in [0.4, 0.5) is 0 Å². The molecular weight excluding hydrogens is 296 g/mol. The topological polar surface area (TPSA) is 62.2 Å². The number of aryl methyl sites for hydroxylation is 3. The number of thiazole rings is 1. The van der Waals surface area contributed by atoms with Crippen LogP contribution in [0.1, 0.15) is 34.5 Å². The van der Waals surface area contributed by atoms with Crippen molar-refractivity contribution in [2.24, 2.45) is 0 Å². The van der Waals surface area contributed by atoms with Crippen molar-refractivity contribution in [3.8, 4) is 0 Å². The number of aromatic nitrogens is 1. The third-order valence-electron chi connectivity index (χ3n) is 3.71. The van der Waals surface area contributed by atoms with Gasteiger partial charge in [0.1, 0.15) is 10.6 Å². The Morgan fingerprint density at radius 1 is 1.32 bits per heavy atom. The van der Waals surface area contributed by atoms with E-state index in [0.717, 1.165) is 21.1 Å². The summed E-state index contributed by atoms with van der Waals surface area (Å²) in [6, 6.07) is 9.85. The van der Waals surface area contributed by atoms with Gasteiger partial charge in [0, 0.05) is 4.88 Å². The molecule has 0 unspecified atom stereocenters. The zero-order valence-corrected chi connectivity index (χ0v) is 14.0. The van der Waals surface area contributed by atoms with Crippen LogP contribution < -0.4 is 5.32 Å². The van der Waals surface area contributed by atoms with Gasteiger partial charge >= 0.3 is 0 Å². The summed E-state index contributed by atoms with van der Waals surface area (Å²) >= 11 is 1.57. The van der Waals surface area contributed by atoms with Crippen LogP contribution in [0.15, 0.2) is 30.3 Å². The Balaban J connectivity index is 1.87. The van der Waals surface area contributed by atoms with Crippen molar-refractivity contribution in [2.45, 2.75) is 45.8 Å². The SMILES string of the molecule is Cc1nc(CNC(=O)[C@@](C)(O)CCc2ccccc2)sc1C. The molecule has 1 aromatic carbocycles. The number of amides is 1. The van der Waals surface area contributed by atoms with Gasteiger partial charge in [-0.25, -0.2) is 4.98 Å². The minimum absolute atomic E-state index is 0.353. The van der Waals surface area contributed by atoms with E-state index in [4.69, 9.17) is 0 Å². The Morgan fingerprint density at radius 2 is 2.00 bits per heavy atom. The number of rotatable bonds is 6. The van der Waals surface area contributed by atoms with Crippen LogP contribution in [0.25, 0.3) is 0 Å². The smallest absolute Gasteiger partial charge is 0.252 e. The molecule has 1 atom stereocenters. The van der Waals surface area contributed by atoms with E-state index in [9.17, 15) is 9.90 Å². The molecule has 0 radical (unpaired) electrons. The first-order valence-corrected chi connectivity index (χ1v) is 8.17. The van der Waals surface area contributed by atoms with Gasteiger partial charge in [-0.2, -0.15) is 0 Å². The maximum Gasteiger partial charge on any atom is 0.252 e. The van der Waals surface area contributed by atoms with Crippen LogP contribution in [0.5, 0.6) is 0 Å². The molecule has 118 valence electrons. The highest BCUT2D eigenvalue weighted by molar-refractivity contribution is 7.11. The molecule has 2 rings (SSSR count). The first-order chi connectivity index (χ1) is 10.4. The predicted octanol–water partition coefficient (Wildman–Crippen LogP) is 2.76. The first kappa shape index (κ1) is 16.6. The van der Waals surface area contributed by atoms with Gasteiger partial charge in [0.2, 0.25) is 0 Å². The van der Waals surface area contributed by atoms with E-state index in [-0.39, 0.29) is 5.91 Å². The molecule has 0 aliphatic rings. The normalized spacial score (nSPS) is 13.6. The summed E-state index contributed by atoms with van der Waals surface area (Å²) < 4.78 is 0. The van der Waals surface area contributed by atoms with Gasteiger partial charge in [-0.1, -0.05) is 30.3 Å². The third kappa shape index (κ3) is 4.39. The molecule has 0 aliphatic heterocycles. The van der Waals surface area contributed by atoms with Gasteiger partial charge in [-0.3, -0.25) is 4.79 Å². The number of nitrogens with zero attached hydrogens (tertiary/aromatic N) is 1. The Morgan fingerprint density at radius 3 is 2.59 bits per heavy atom. The zero-order valence-electron chi connectivity index (χ0n) is 13.2. The van der Waals surface area contributed by atoms with E-state index in [1.807, 2.05) is 44.2 Å². The zero-order chi connectivity index (χ0) is 16.2.